The number of phenols is 1. The third kappa shape index (κ3) is 5.72. The molecule has 0 atom stereocenters. The third-order valence-corrected chi connectivity index (χ3v) is 5.99. The highest BCUT2D eigenvalue weighted by molar-refractivity contribution is 6.30. The summed E-state index contributed by atoms with van der Waals surface area (Å²) in [5.41, 5.74) is 5.22. The summed E-state index contributed by atoms with van der Waals surface area (Å²) < 4.78 is 47.0. The molecule has 0 unspecified atom stereocenters. The molecule has 2 N–H and O–H groups in total. The predicted molar refractivity (Wildman–Crippen MR) is 138 cm³/mol. The fourth-order valence-electron chi connectivity index (χ4n) is 3.92. The topological polar surface area (TPSA) is 71.7 Å². The van der Waals surface area contributed by atoms with Gasteiger partial charge in [0.05, 0.1) is 17.0 Å². The number of benzene rings is 3. The number of rotatable bonds is 7. The molecule has 6 nitrogen and oxygen atoms in total. The van der Waals surface area contributed by atoms with Gasteiger partial charge in [-0.25, -0.2) is 0 Å². The van der Waals surface area contributed by atoms with Crippen LogP contribution in [-0.2, 0) is 19.8 Å². The fourth-order valence-corrected chi connectivity index (χ4v) is 4.04. The van der Waals surface area contributed by atoms with E-state index in [1.165, 1.54) is 13.1 Å². The Morgan fingerprint density at radius 3 is 2.49 bits per heavy atom. The van der Waals surface area contributed by atoms with Gasteiger partial charge in [-0.2, -0.15) is 23.4 Å². The molecule has 4 aromatic rings. The maximum absolute atomic E-state index is 13.4. The molecule has 10 heteroatoms. The van der Waals surface area contributed by atoms with Gasteiger partial charge in [0.15, 0.2) is 0 Å². The number of halogens is 4. The highest BCUT2D eigenvalue weighted by Gasteiger charge is 2.35. The summed E-state index contributed by atoms with van der Waals surface area (Å²) in [7, 11) is 2.90. The van der Waals surface area contributed by atoms with Crippen LogP contribution in [0.3, 0.4) is 0 Å². The molecule has 0 saturated heterocycles. The van der Waals surface area contributed by atoms with E-state index in [0.717, 1.165) is 21.9 Å². The third-order valence-electron chi connectivity index (χ3n) is 5.74. The Balaban J connectivity index is 1.83. The maximum Gasteiger partial charge on any atom is 0.433 e. The van der Waals surface area contributed by atoms with E-state index in [4.69, 9.17) is 16.3 Å². The lowest BCUT2D eigenvalue weighted by Crippen LogP contribution is -2.11. The van der Waals surface area contributed by atoms with Crippen molar-refractivity contribution in [2.45, 2.75) is 19.7 Å². The van der Waals surface area contributed by atoms with Crippen LogP contribution >= 0.6 is 11.6 Å². The molecule has 192 valence electrons. The summed E-state index contributed by atoms with van der Waals surface area (Å²) in [6.45, 7) is 2.01. The van der Waals surface area contributed by atoms with Gasteiger partial charge in [-0.3, -0.25) is 4.68 Å². The monoisotopic (exact) mass is 528 g/mol. The molecule has 0 aliphatic rings. The molecule has 1 aromatic heterocycles. The molecule has 0 bridgehead atoms. The molecule has 0 saturated carbocycles. The molecule has 4 rings (SSSR count). The predicted octanol–water partition coefficient (Wildman–Crippen LogP) is 6.65. The van der Waals surface area contributed by atoms with Crippen LogP contribution in [0.4, 0.5) is 13.2 Å². The summed E-state index contributed by atoms with van der Waals surface area (Å²) in [4.78, 5) is 0. The largest absolute Gasteiger partial charge is 0.506 e. The van der Waals surface area contributed by atoms with Gasteiger partial charge in [-0.05, 0) is 60.0 Å². The van der Waals surface area contributed by atoms with Crippen molar-refractivity contribution in [3.05, 3.63) is 88.6 Å². The molecule has 3 aromatic carbocycles. The Morgan fingerprint density at radius 2 is 1.84 bits per heavy atom. The van der Waals surface area contributed by atoms with E-state index >= 15 is 0 Å². The average molecular weight is 529 g/mol. The molecule has 0 aliphatic carbocycles. The van der Waals surface area contributed by atoms with Crippen molar-refractivity contribution in [2.24, 2.45) is 12.1 Å². The summed E-state index contributed by atoms with van der Waals surface area (Å²) in [6.07, 6.45) is -4.58. The molecule has 0 spiro atoms. The molecule has 0 amide bonds. The maximum atomic E-state index is 13.4. The number of nitrogens with zero attached hydrogens (tertiary/aromatic N) is 3. The summed E-state index contributed by atoms with van der Waals surface area (Å²) in [6, 6.07) is 18.4. The van der Waals surface area contributed by atoms with Crippen LogP contribution in [0.1, 0.15) is 23.7 Å². The van der Waals surface area contributed by atoms with E-state index in [1.54, 1.807) is 37.4 Å². The zero-order chi connectivity index (χ0) is 26.7. The van der Waals surface area contributed by atoms with Crippen molar-refractivity contribution in [2.75, 3.05) is 7.05 Å². The SMILES string of the molecule is CN/N=C(\C)c1cccc(-c2c(OCc3ccc(Cl)cc3)ccc(-c3cc(C(F)(F)F)n(C)n3)c2O)c1. The number of hydrogen-bond acceptors (Lipinski definition) is 5. The second-order valence-corrected chi connectivity index (χ2v) is 8.72. The van der Waals surface area contributed by atoms with Crippen LogP contribution < -0.4 is 10.2 Å². The Morgan fingerprint density at radius 1 is 1.11 bits per heavy atom. The highest BCUT2D eigenvalue weighted by atomic mass is 35.5. The van der Waals surface area contributed by atoms with Crippen molar-refractivity contribution >= 4 is 17.3 Å². The Kier molecular flexibility index (Phi) is 7.45. The first-order chi connectivity index (χ1) is 17.6. The quantitative estimate of drug-likeness (QED) is 0.208. The first-order valence-corrected chi connectivity index (χ1v) is 11.6. The molecule has 0 radical (unpaired) electrons. The van der Waals surface area contributed by atoms with E-state index in [2.05, 4.69) is 15.6 Å². The number of alkyl halides is 3. The van der Waals surface area contributed by atoms with Gasteiger partial charge < -0.3 is 15.3 Å². The van der Waals surface area contributed by atoms with Gasteiger partial charge in [-0.15, -0.1) is 0 Å². The van der Waals surface area contributed by atoms with Crippen molar-refractivity contribution in [1.82, 2.24) is 15.2 Å². The molecular formula is C27H24ClF3N4O2. The van der Waals surface area contributed by atoms with Gasteiger partial charge in [0.1, 0.15) is 23.8 Å². The number of aryl methyl sites for hydroxylation is 1. The van der Waals surface area contributed by atoms with Gasteiger partial charge >= 0.3 is 6.18 Å². The first-order valence-electron chi connectivity index (χ1n) is 11.2. The minimum atomic E-state index is -4.58. The van der Waals surface area contributed by atoms with Crippen molar-refractivity contribution in [1.29, 1.82) is 0 Å². The lowest BCUT2D eigenvalue weighted by atomic mass is 9.96. The zero-order valence-electron chi connectivity index (χ0n) is 20.3. The number of aromatic hydroxyl groups is 1. The van der Waals surface area contributed by atoms with E-state index in [-0.39, 0.29) is 23.6 Å². The molecule has 1 heterocycles. The number of ether oxygens (including phenoxy) is 1. The van der Waals surface area contributed by atoms with Gasteiger partial charge in [0, 0.05) is 24.7 Å². The number of nitrogens with one attached hydrogen (secondary N) is 1. The smallest absolute Gasteiger partial charge is 0.433 e. The fraction of sp³-hybridized carbons (Fsp3) is 0.185. The summed E-state index contributed by atoms with van der Waals surface area (Å²) in [5.74, 6) is 0.101. The molecule has 0 aliphatic heterocycles. The number of phenolic OH excluding ortho intramolecular Hbond substituents is 1. The van der Waals surface area contributed by atoms with E-state index < -0.39 is 11.9 Å². The van der Waals surface area contributed by atoms with Crippen LogP contribution in [0.25, 0.3) is 22.4 Å². The van der Waals surface area contributed by atoms with Crippen LogP contribution in [0.2, 0.25) is 5.02 Å². The van der Waals surface area contributed by atoms with Crippen molar-refractivity contribution < 1.29 is 23.0 Å². The normalized spacial score (nSPS) is 12.0. The molecule has 0 fully saturated rings. The van der Waals surface area contributed by atoms with Crippen LogP contribution in [0.5, 0.6) is 11.5 Å². The lowest BCUT2D eigenvalue weighted by molar-refractivity contribution is -0.143. The second kappa shape index (κ2) is 10.6. The number of hydrogen-bond donors (Lipinski definition) is 2. The van der Waals surface area contributed by atoms with Gasteiger partial charge in [0.2, 0.25) is 0 Å². The number of aromatic nitrogens is 2. The van der Waals surface area contributed by atoms with Gasteiger partial charge in [0.25, 0.3) is 0 Å². The van der Waals surface area contributed by atoms with E-state index in [1.807, 2.05) is 31.2 Å². The summed E-state index contributed by atoms with van der Waals surface area (Å²) >= 11 is 5.97. The van der Waals surface area contributed by atoms with Crippen molar-refractivity contribution in [3.63, 3.8) is 0 Å². The Bertz CT molecular complexity index is 1450. The first kappa shape index (κ1) is 26.1. The average Bonchev–Trinajstić information content (AvgIpc) is 3.26. The van der Waals surface area contributed by atoms with Crippen molar-refractivity contribution in [3.8, 4) is 33.9 Å². The standard InChI is InChI=1S/C27H24ClF3N4O2/c1-16(33-32-2)18-5-4-6-19(13-18)25-23(37-15-17-7-9-20(28)10-8-17)12-11-21(26(25)36)22-14-24(27(29,30)31)35(3)34-22/h4-14,32,36H,15H2,1-3H3/b33-16+. The molecule has 37 heavy (non-hydrogen) atoms. The lowest BCUT2D eigenvalue weighted by Gasteiger charge is -2.16. The van der Waals surface area contributed by atoms with Crippen LogP contribution in [-0.4, -0.2) is 27.6 Å². The highest BCUT2D eigenvalue weighted by Crippen LogP contribution is 2.45. The number of hydrazone groups is 1. The molecular weight excluding hydrogens is 505 g/mol. The van der Waals surface area contributed by atoms with E-state index in [9.17, 15) is 18.3 Å². The van der Waals surface area contributed by atoms with Crippen LogP contribution in [0, 0.1) is 0 Å². The Labute approximate surface area is 217 Å². The minimum Gasteiger partial charge on any atom is -0.506 e. The Hall–Kier alpha value is -3.98. The minimum absolute atomic E-state index is 0.0121. The second-order valence-electron chi connectivity index (χ2n) is 8.29. The zero-order valence-corrected chi connectivity index (χ0v) is 21.0. The van der Waals surface area contributed by atoms with Crippen LogP contribution in [0.15, 0.2) is 71.8 Å². The van der Waals surface area contributed by atoms with E-state index in [0.29, 0.717) is 27.6 Å². The van der Waals surface area contributed by atoms with Gasteiger partial charge in [-0.1, -0.05) is 41.9 Å². The summed E-state index contributed by atoms with van der Waals surface area (Å²) in [5, 5.41) is 20.2.